The molecule has 0 aliphatic heterocycles. The standard InChI is InChI=1S/C16H35NO2/c1-6-16(13-18,17-15(4)5)10-8-12-19-11-7-9-14(2)3/h14-15,17-18H,6-13H2,1-5H3. The van der Waals surface area contributed by atoms with Crippen LogP contribution >= 0.6 is 0 Å². The summed E-state index contributed by atoms with van der Waals surface area (Å²) >= 11 is 0. The van der Waals surface area contributed by atoms with Gasteiger partial charge in [-0.15, -0.1) is 0 Å². The molecule has 0 heterocycles. The number of rotatable bonds is 12. The van der Waals surface area contributed by atoms with Crippen LogP contribution in [0.15, 0.2) is 0 Å². The van der Waals surface area contributed by atoms with Crippen LogP contribution < -0.4 is 5.32 Å². The van der Waals surface area contributed by atoms with Crippen molar-refractivity contribution in [2.75, 3.05) is 19.8 Å². The Balaban J connectivity index is 3.75. The fourth-order valence-corrected chi connectivity index (χ4v) is 2.41. The predicted molar refractivity (Wildman–Crippen MR) is 82.5 cm³/mol. The number of nitrogens with one attached hydrogen (secondary N) is 1. The van der Waals surface area contributed by atoms with Crippen molar-refractivity contribution in [2.45, 2.75) is 78.3 Å². The van der Waals surface area contributed by atoms with Crippen LogP contribution in [-0.4, -0.2) is 36.5 Å². The fraction of sp³-hybridized carbons (Fsp3) is 1.00. The summed E-state index contributed by atoms with van der Waals surface area (Å²) in [5, 5.41) is 13.1. The van der Waals surface area contributed by atoms with Crippen LogP contribution in [0.4, 0.5) is 0 Å². The average Bonchev–Trinajstić information content (AvgIpc) is 2.35. The molecule has 0 amide bonds. The maximum atomic E-state index is 9.62. The summed E-state index contributed by atoms with van der Waals surface area (Å²) in [5.41, 5.74) is -0.130. The number of aliphatic hydroxyl groups is 1. The van der Waals surface area contributed by atoms with Crippen molar-refractivity contribution >= 4 is 0 Å². The van der Waals surface area contributed by atoms with E-state index in [0.717, 1.165) is 44.8 Å². The zero-order valence-electron chi connectivity index (χ0n) is 13.7. The minimum atomic E-state index is -0.130. The van der Waals surface area contributed by atoms with E-state index < -0.39 is 0 Å². The van der Waals surface area contributed by atoms with Gasteiger partial charge in [-0.3, -0.25) is 0 Å². The summed E-state index contributed by atoms with van der Waals surface area (Å²) in [4.78, 5) is 0. The molecule has 3 heteroatoms. The minimum Gasteiger partial charge on any atom is -0.394 e. The van der Waals surface area contributed by atoms with Crippen LogP contribution in [-0.2, 0) is 4.74 Å². The van der Waals surface area contributed by atoms with Gasteiger partial charge in [0.1, 0.15) is 0 Å². The van der Waals surface area contributed by atoms with Gasteiger partial charge >= 0.3 is 0 Å². The van der Waals surface area contributed by atoms with Crippen molar-refractivity contribution in [3.63, 3.8) is 0 Å². The van der Waals surface area contributed by atoms with Crippen LogP contribution in [0.1, 0.15) is 66.7 Å². The van der Waals surface area contributed by atoms with Crippen molar-refractivity contribution in [3.05, 3.63) is 0 Å². The lowest BCUT2D eigenvalue weighted by Gasteiger charge is -2.34. The molecule has 0 bridgehead atoms. The first-order valence-corrected chi connectivity index (χ1v) is 7.92. The summed E-state index contributed by atoms with van der Waals surface area (Å²) in [5.74, 6) is 0.765. The first-order chi connectivity index (χ1) is 8.95. The van der Waals surface area contributed by atoms with E-state index in [-0.39, 0.29) is 12.1 Å². The highest BCUT2D eigenvalue weighted by atomic mass is 16.5. The van der Waals surface area contributed by atoms with E-state index in [4.69, 9.17) is 4.74 Å². The molecule has 0 aromatic carbocycles. The molecular formula is C16H35NO2. The van der Waals surface area contributed by atoms with Crippen molar-refractivity contribution in [1.29, 1.82) is 0 Å². The monoisotopic (exact) mass is 273 g/mol. The lowest BCUT2D eigenvalue weighted by molar-refractivity contribution is 0.0960. The largest absolute Gasteiger partial charge is 0.394 e. The Morgan fingerprint density at radius 3 is 2.21 bits per heavy atom. The highest BCUT2D eigenvalue weighted by Crippen LogP contribution is 2.18. The zero-order valence-corrected chi connectivity index (χ0v) is 13.7. The van der Waals surface area contributed by atoms with E-state index >= 15 is 0 Å². The van der Waals surface area contributed by atoms with E-state index in [1.54, 1.807) is 0 Å². The summed E-state index contributed by atoms with van der Waals surface area (Å²) in [7, 11) is 0. The predicted octanol–water partition coefficient (Wildman–Crippen LogP) is 3.36. The topological polar surface area (TPSA) is 41.5 Å². The van der Waals surface area contributed by atoms with Crippen molar-refractivity contribution in [3.8, 4) is 0 Å². The molecule has 0 saturated carbocycles. The normalized spacial score (nSPS) is 15.2. The van der Waals surface area contributed by atoms with Gasteiger partial charge in [-0.05, 0) is 38.0 Å². The number of aliphatic hydroxyl groups excluding tert-OH is 1. The zero-order chi connectivity index (χ0) is 14.7. The Morgan fingerprint density at radius 1 is 1.11 bits per heavy atom. The molecule has 2 N–H and O–H groups in total. The van der Waals surface area contributed by atoms with Gasteiger partial charge in [0, 0.05) is 24.8 Å². The van der Waals surface area contributed by atoms with E-state index in [0.29, 0.717) is 6.04 Å². The molecule has 0 fully saturated rings. The lowest BCUT2D eigenvalue weighted by atomic mass is 9.90. The molecule has 116 valence electrons. The molecule has 1 unspecified atom stereocenters. The lowest BCUT2D eigenvalue weighted by Crippen LogP contribution is -2.51. The minimum absolute atomic E-state index is 0.130. The van der Waals surface area contributed by atoms with Crippen molar-refractivity contribution in [1.82, 2.24) is 5.32 Å². The van der Waals surface area contributed by atoms with Gasteiger partial charge in [0.2, 0.25) is 0 Å². The molecule has 0 aromatic rings. The Morgan fingerprint density at radius 2 is 1.74 bits per heavy atom. The number of hydrogen-bond acceptors (Lipinski definition) is 3. The van der Waals surface area contributed by atoms with Crippen molar-refractivity contribution < 1.29 is 9.84 Å². The van der Waals surface area contributed by atoms with Gasteiger partial charge in [0.25, 0.3) is 0 Å². The Hall–Kier alpha value is -0.120. The molecule has 0 aliphatic carbocycles. The summed E-state index contributed by atoms with van der Waals surface area (Å²) < 4.78 is 5.66. The second kappa shape index (κ2) is 10.6. The van der Waals surface area contributed by atoms with Crippen molar-refractivity contribution in [2.24, 2.45) is 5.92 Å². The van der Waals surface area contributed by atoms with Crippen LogP contribution in [0, 0.1) is 5.92 Å². The molecule has 3 nitrogen and oxygen atoms in total. The van der Waals surface area contributed by atoms with E-state index in [9.17, 15) is 5.11 Å². The Labute approximate surface area is 120 Å². The van der Waals surface area contributed by atoms with Crippen LogP contribution in [0.5, 0.6) is 0 Å². The second-order valence-electron chi connectivity index (χ2n) is 6.34. The van der Waals surface area contributed by atoms with Gasteiger partial charge in [-0.2, -0.15) is 0 Å². The Bertz CT molecular complexity index is 201. The van der Waals surface area contributed by atoms with E-state index in [1.807, 2.05) is 0 Å². The smallest absolute Gasteiger partial charge is 0.0613 e. The average molecular weight is 273 g/mol. The molecule has 0 spiro atoms. The first kappa shape index (κ1) is 18.9. The highest BCUT2D eigenvalue weighted by Gasteiger charge is 2.26. The van der Waals surface area contributed by atoms with Gasteiger partial charge < -0.3 is 15.2 Å². The third-order valence-electron chi connectivity index (χ3n) is 3.59. The quantitative estimate of drug-likeness (QED) is 0.536. The van der Waals surface area contributed by atoms with Crippen LogP contribution in [0.2, 0.25) is 0 Å². The molecule has 0 radical (unpaired) electrons. The molecule has 0 aliphatic rings. The van der Waals surface area contributed by atoms with E-state index in [2.05, 4.69) is 39.9 Å². The summed E-state index contributed by atoms with van der Waals surface area (Å²) in [6, 6.07) is 0.402. The molecule has 0 aromatic heterocycles. The molecule has 1 atom stereocenters. The first-order valence-electron chi connectivity index (χ1n) is 7.92. The maximum absolute atomic E-state index is 9.62. The van der Waals surface area contributed by atoms with Gasteiger partial charge in [-0.1, -0.05) is 34.6 Å². The summed E-state index contributed by atoms with van der Waals surface area (Å²) in [6.07, 6.45) is 5.33. The highest BCUT2D eigenvalue weighted by molar-refractivity contribution is 4.87. The second-order valence-corrected chi connectivity index (χ2v) is 6.34. The van der Waals surface area contributed by atoms with E-state index in [1.165, 1.54) is 6.42 Å². The van der Waals surface area contributed by atoms with Gasteiger partial charge in [-0.25, -0.2) is 0 Å². The van der Waals surface area contributed by atoms with Gasteiger partial charge in [0.05, 0.1) is 6.61 Å². The van der Waals surface area contributed by atoms with Crippen LogP contribution in [0.3, 0.4) is 0 Å². The fourth-order valence-electron chi connectivity index (χ4n) is 2.41. The number of ether oxygens (including phenoxy) is 1. The van der Waals surface area contributed by atoms with Crippen LogP contribution in [0.25, 0.3) is 0 Å². The summed E-state index contributed by atoms with van der Waals surface area (Å²) in [6.45, 7) is 12.8. The molecule has 0 saturated heterocycles. The Kier molecular flexibility index (Phi) is 10.6. The molecule has 0 rings (SSSR count). The SMILES string of the molecule is CCC(CO)(CCCOCCCC(C)C)NC(C)C. The molecule has 19 heavy (non-hydrogen) atoms. The molecular weight excluding hydrogens is 238 g/mol. The third-order valence-corrected chi connectivity index (χ3v) is 3.59. The maximum Gasteiger partial charge on any atom is 0.0613 e. The number of hydrogen-bond donors (Lipinski definition) is 2. The van der Waals surface area contributed by atoms with Gasteiger partial charge in [0.15, 0.2) is 0 Å². The third kappa shape index (κ3) is 9.42.